The lowest BCUT2D eigenvalue weighted by atomic mass is 10.1. The van der Waals surface area contributed by atoms with E-state index in [0.717, 1.165) is 0 Å². The molecule has 6 nitrogen and oxygen atoms in total. The highest BCUT2D eigenvalue weighted by Gasteiger charge is 2.37. The van der Waals surface area contributed by atoms with Crippen LogP contribution in [0.4, 0.5) is 0 Å². The molecule has 3 atom stereocenters. The molecule has 0 bridgehead atoms. The molecule has 1 heterocycles. The number of halogens is 3. The Morgan fingerprint density at radius 2 is 1.92 bits per heavy atom. The van der Waals surface area contributed by atoms with Gasteiger partial charge in [-0.05, 0) is 18.9 Å². The first kappa shape index (κ1) is 20.7. The lowest BCUT2D eigenvalue weighted by Crippen LogP contribution is -2.42. The van der Waals surface area contributed by atoms with Gasteiger partial charge in [-0.3, -0.25) is 9.59 Å². The summed E-state index contributed by atoms with van der Waals surface area (Å²) < 4.78 is 38.4. The third-order valence-electron chi connectivity index (χ3n) is 3.54. The Morgan fingerprint density at radius 1 is 1.28 bits per heavy atom. The number of alkyl halides is 3. The van der Waals surface area contributed by atoms with Crippen molar-refractivity contribution < 1.29 is 22.1 Å². The molecule has 1 aliphatic heterocycles. The molecule has 0 aliphatic carbocycles. The zero-order valence-electron chi connectivity index (χ0n) is 13.3. The largest absolute Gasteiger partial charge is 0.448 e. The van der Waals surface area contributed by atoms with E-state index in [4.69, 9.17) is 53.9 Å². The molecule has 1 aromatic rings. The van der Waals surface area contributed by atoms with E-state index in [1.807, 2.05) is 6.07 Å². The van der Waals surface area contributed by atoms with Crippen LogP contribution in [-0.2, 0) is 29.5 Å². The van der Waals surface area contributed by atoms with Crippen molar-refractivity contribution in [3.63, 3.8) is 0 Å². The quantitative estimate of drug-likeness (QED) is 0.332. The second-order valence-electron chi connectivity index (χ2n) is 5.62. The second-order valence-corrected chi connectivity index (χ2v) is 9.49. The van der Waals surface area contributed by atoms with Crippen LogP contribution in [0.1, 0.15) is 25.3 Å². The monoisotopic (exact) mass is 429 g/mol. The van der Waals surface area contributed by atoms with Gasteiger partial charge < -0.3 is 9.47 Å². The van der Waals surface area contributed by atoms with Gasteiger partial charge in [0, 0.05) is 6.42 Å². The standard InChI is InChI=1S/C15H18Cl3NO5S/c1-10-12(7-8-13(22-10)23-14(19)15(16,17)18)24-25(20,21)9-11-5-3-2-4-6-11/h2-6,10,12-13,19H,7-9H2,1H3/t10-,12+,13?/m1/s1. The van der Waals surface area contributed by atoms with E-state index >= 15 is 0 Å². The van der Waals surface area contributed by atoms with Gasteiger partial charge >= 0.3 is 0 Å². The first-order chi connectivity index (χ1) is 11.6. The van der Waals surface area contributed by atoms with Crippen molar-refractivity contribution in [2.75, 3.05) is 0 Å². The molecule has 1 aromatic carbocycles. The summed E-state index contributed by atoms with van der Waals surface area (Å²) in [6.07, 6.45) is -1.33. The third kappa shape index (κ3) is 6.58. The molecular formula is C15H18Cl3NO5S. The minimum Gasteiger partial charge on any atom is -0.448 e. The minimum absolute atomic E-state index is 0.213. The van der Waals surface area contributed by atoms with Gasteiger partial charge in [0.1, 0.15) is 11.9 Å². The van der Waals surface area contributed by atoms with Gasteiger partial charge in [0.25, 0.3) is 13.9 Å². The number of nitrogens with one attached hydrogen (secondary N) is 1. The van der Waals surface area contributed by atoms with Gasteiger partial charge in [-0.15, -0.1) is 0 Å². The van der Waals surface area contributed by atoms with E-state index in [9.17, 15) is 8.42 Å². The first-order valence-electron chi connectivity index (χ1n) is 7.49. The fraction of sp³-hybridized carbons (Fsp3) is 0.533. The Bertz CT molecular complexity index is 693. The molecule has 1 N–H and O–H groups in total. The second kappa shape index (κ2) is 8.41. The Balaban J connectivity index is 1.90. The number of benzene rings is 1. The predicted molar refractivity (Wildman–Crippen MR) is 96.6 cm³/mol. The third-order valence-corrected chi connectivity index (χ3v) is 5.28. The van der Waals surface area contributed by atoms with Crippen molar-refractivity contribution >= 4 is 50.8 Å². The van der Waals surface area contributed by atoms with Gasteiger partial charge in [-0.1, -0.05) is 65.1 Å². The van der Waals surface area contributed by atoms with E-state index in [1.165, 1.54) is 0 Å². The fourth-order valence-corrected chi connectivity index (χ4v) is 3.77. The molecule has 1 fully saturated rings. The minimum atomic E-state index is -3.76. The van der Waals surface area contributed by atoms with Gasteiger partial charge in [0.2, 0.25) is 12.2 Å². The first-order valence-corrected chi connectivity index (χ1v) is 10.2. The van der Waals surface area contributed by atoms with Crippen LogP contribution < -0.4 is 0 Å². The lowest BCUT2D eigenvalue weighted by Gasteiger charge is -2.34. The van der Waals surface area contributed by atoms with Crippen molar-refractivity contribution in [2.24, 2.45) is 0 Å². The van der Waals surface area contributed by atoms with E-state index in [1.54, 1.807) is 31.2 Å². The van der Waals surface area contributed by atoms with E-state index in [0.29, 0.717) is 18.4 Å². The molecule has 2 rings (SSSR count). The van der Waals surface area contributed by atoms with E-state index < -0.39 is 38.3 Å². The molecule has 0 amide bonds. The molecule has 1 aliphatic rings. The molecule has 25 heavy (non-hydrogen) atoms. The predicted octanol–water partition coefficient (Wildman–Crippen LogP) is 3.79. The molecule has 0 spiro atoms. The van der Waals surface area contributed by atoms with Gasteiger partial charge in [-0.25, -0.2) is 0 Å². The van der Waals surface area contributed by atoms with Crippen molar-refractivity contribution in [2.45, 2.75) is 47.8 Å². The zero-order chi connectivity index (χ0) is 18.7. The van der Waals surface area contributed by atoms with E-state index in [2.05, 4.69) is 0 Å². The summed E-state index contributed by atoms with van der Waals surface area (Å²) in [5.74, 6) is -0.764. The number of ether oxygens (including phenoxy) is 2. The lowest BCUT2D eigenvalue weighted by molar-refractivity contribution is -0.180. The van der Waals surface area contributed by atoms with Gasteiger partial charge in [-0.2, -0.15) is 8.42 Å². The van der Waals surface area contributed by atoms with Crippen LogP contribution in [-0.4, -0.2) is 36.6 Å². The SMILES string of the molecule is C[C@H]1OC(OC(=N)C(Cl)(Cl)Cl)CC[C@@H]1OS(=O)(=O)Cc1ccccc1. The van der Waals surface area contributed by atoms with Crippen LogP contribution in [0.25, 0.3) is 0 Å². The highest BCUT2D eigenvalue weighted by molar-refractivity contribution is 7.85. The number of hydrogen-bond donors (Lipinski definition) is 1. The summed E-state index contributed by atoms with van der Waals surface area (Å²) in [4.78, 5) is 0. The molecule has 1 unspecified atom stereocenters. The molecule has 0 saturated carbocycles. The van der Waals surface area contributed by atoms with Crippen LogP contribution in [0.2, 0.25) is 0 Å². The van der Waals surface area contributed by atoms with Crippen molar-refractivity contribution in [3.05, 3.63) is 35.9 Å². The van der Waals surface area contributed by atoms with Crippen LogP contribution in [0.15, 0.2) is 30.3 Å². The fourth-order valence-electron chi connectivity index (χ4n) is 2.34. The summed E-state index contributed by atoms with van der Waals surface area (Å²) in [5.41, 5.74) is 0.643. The maximum atomic E-state index is 12.2. The summed E-state index contributed by atoms with van der Waals surface area (Å²) in [6.45, 7) is 1.66. The smallest absolute Gasteiger partial charge is 0.271 e. The number of rotatable bonds is 5. The Morgan fingerprint density at radius 3 is 2.48 bits per heavy atom. The maximum absolute atomic E-state index is 12.2. The number of hydrogen-bond acceptors (Lipinski definition) is 6. The van der Waals surface area contributed by atoms with Crippen LogP contribution in [0.3, 0.4) is 0 Å². The summed E-state index contributed by atoms with van der Waals surface area (Å²) >= 11 is 16.7. The van der Waals surface area contributed by atoms with E-state index in [-0.39, 0.29) is 5.75 Å². The molecule has 0 aromatic heterocycles. The van der Waals surface area contributed by atoms with Gasteiger partial charge in [0.15, 0.2) is 0 Å². The maximum Gasteiger partial charge on any atom is 0.271 e. The average molecular weight is 431 g/mol. The highest BCUT2D eigenvalue weighted by Crippen LogP contribution is 2.31. The summed E-state index contributed by atoms with van der Waals surface area (Å²) in [6, 6.07) is 8.77. The zero-order valence-corrected chi connectivity index (χ0v) is 16.4. The summed E-state index contributed by atoms with van der Waals surface area (Å²) in [5, 5.41) is 7.54. The average Bonchev–Trinajstić information content (AvgIpc) is 2.49. The van der Waals surface area contributed by atoms with Crippen LogP contribution in [0, 0.1) is 5.41 Å². The molecule has 0 radical (unpaired) electrons. The highest BCUT2D eigenvalue weighted by atomic mass is 35.6. The molecule has 140 valence electrons. The Kier molecular flexibility index (Phi) is 6.98. The van der Waals surface area contributed by atoms with Crippen molar-refractivity contribution in [1.29, 1.82) is 5.41 Å². The van der Waals surface area contributed by atoms with Crippen LogP contribution in [0.5, 0.6) is 0 Å². The van der Waals surface area contributed by atoms with Gasteiger partial charge in [0.05, 0.1) is 6.10 Å². The Hall–Kier alpha value is -0.570. The molecule has 1 saturated heterocycles. The molecular weight excluding hydrogens is 413 g/mol. The van der Waals surface area contributed by atoms with Crippen molar-refractivity contribution in [1.82, 2.24) is 0 Å². The van der Waals surface area contributed by atoms with Crippen LogP contribution >= 0.6 is 34.8 Å². The Labute approximate surface area is 161 Å². The van der Waals surface area contributed by atoms with Crippen molar-refractivity contribution in [3.8, 4) is 0 Å². The topological polar surface area (TPSA) is 85.7 Å². The normalized spacial score (nSPS) is 24.7. The summed E-state index contributed by atoms with van der Waals surface area (Å²) in [7, 11) is -3.76. The molecule has 10 heteroatoms.